The van der Waals surface area contributed by atoms with Gasteiger partial charge in [-0.25, -0.2) is 0 Å². The number of halogens is 1. The van der Waals surface area contributed by atoms with E-state index in [1.165, 1.54) is 6.92 Å². The van der Waals surface area contributed by atoms with E-state index < -0.39 is 30.0 Å². The number of rotatable bonds is 6. The van der Waals surface area contributed by atoms with E-state index in [-0.39, 0.29) is 17.2 Å². The smallest absolute Gasteiger partial charge is 0.242 e. The minimum Gasteiger partial charge on any atom is -0.391 e. The molecular weight excluding hydrogens is 290 g/mol. The predicted molar refractivity (Wildman–Crippen MR) is 80.2 cm³/mol. The van der Waals surface area contributed by atoms with E-state index in [1.807, 2.05) is 20.8 Å². The van der Waals surface area contributed by atoms with Gasteiger partial charge in [-0.2, -0.15) is 11.8 Å². The number of aliphatic hydroxyl groups is 1. The van der Waals surface area contributed by atoms with Gasteiger partial charge in [0.05, 0.1) is 12.1 Å². The number of hydrogen-bond donors (Lipinski definition) is 4. The molecule has 1 unspecified atom stereocenters. The molecule has 0 spiro atoms. The van der Waals surface area contributed by atoms with Crippen molar-refractivity contribution in [2.75, 3.05) is 5.75 Å². The Kier molecular flexibility index (Phi) is 9.45. The van der Waals surface area contributed by atoms with Crippen LogP contribution in [0.3, 0.4) is 0 Å². The molecule has 0 radical (unpaired) electrons. The summed E-state index contributed by atoms with van der Waals surface area (Å²) in [6.45, 7) is 7.43. The van der Waals surface area contributed by atoms with E-state index >= 15 is 0 Å². The largest absolute Gasteiger partial charge is 0.391 e. The van der Waals surface area contributed by atoms with Gasteiger partial charge in [0.25, 0.3) is 0 Å². The first-order chi connectivity index (χ1) is 8.04. The van der Waals surface area contributed by atoms with E-state index in [4.69, 9.17) is 11.5 Å². The number of thioether (sulfide) groups is 1. The van der Waals surface area contributed by atoms with Crippen LogP contribution < -0.4 is 16.8 Å². The minimum atomic E-state index is -1.11. The standard InChI is InChI=1S/C11H23N3O3S.ClH/c1-6(15)8(9(13)16)14-10(17)7(12)5-18-11(2,3)4;/h6-8,15H,5,12H2,1-4H3,(H2,13,16)(H,14,17);1H/t6?,7-,8-;/m0./s1. The molecule has 3 atom stereocenters. The van der Waals surface area contributed by atoms with Crippen LogP contribution in [0.1, 0.15) is 27.7 Å². The maximum absolute atomic E-state index is 11.7. The van der Waals surface area contributed by atoms with Crippen LogP contribution in [-0.2, 0) is 9.59 Å². The topological polar surface area (TPSA) is 118 Å². The van der Waals surface area contributed by atoms with Crippen molar-refractivity contribution in [1.82, 2.24) is 5.32 Å². The molecule has 6 nitrogen and oxygen atoms in total. The fourth-order valence-corrected chi connectivity index (χ4v) is 1.94. The Balaban J connectivity index is 0. The van der Waals surface area contributed by atoms with Crippen molar-refractivity contribution in [2.45, 2.75) is 50.6 Å². The van der Waals surface area contributed by atoms with Crippen molar-refractivity contribution in [3.63, 3.8) is 0 Å². The van der Waals surface area contributed by atoms with Crippen LogP contribution in [0, 0.1) is 0 Å². The van der Waals surface area contributed by atoms with Crippen LogP contribution in [0.25, 0.3) is 0 Å². The lowest BCUT2D eigenvalue weighted by molar-refractivity contribution is -0.130. The van der Waals surface area contributed by atoms with E-state index in [1.54, 1.807) is 11.8 Å². The highest BCUT2D eigenvalue weighted by atomic mass is 35.5. The molecule has 0 saturated heterocycles. The third-order valence-corrected chi connectivity index (χ3v) is 3.51. The SMILES string of the molecule is CC(O)[C@H](NC(=O)[C@@H](N)CSC(C)(C)C)C(N)=O.Cl. The molecule has 114 valence electrons. The zero-order chi connectivity index (χ0) is 14.5. The van der Waals surface area contributed by atoms with Gasteiger partial charge in [-0.05, 0) is 6.92 Å². The zero-order valence-electron chi connectivity index (χ0n) is 11.7. The van der Waals surface area contributed by atoms with Gasteiger partial charge in [0.2, 0.25) is 11.8 Å². The lowest BCUT2D eigenvalue weighted by atomic mass is 10.1. The summed E-state index contributed by atoms with van der Waals surface area (Å²) >= 11 is 1.55. The highest BCUT2D eigenvalue weighted by molar-refractivity contribution is 8.00. The molecule has 0 aromatic carbocycles. The molecule has 0 bridgehead atoms. The number of carbonyl (C=O) groups excluding carboxylic acids is 2. The second-order valence-corrected chi connectivity index (χ2v) is 7.01. The molecule has 0 aliphatic heterocycles. The molecule has 0 saturated carbocycles. The maximum atomic E-state index is 11.7. The number of primary amides is 1. The van der Waals surface area contributed by atoms with Gasteiger partial charge in [-0.1, -0.05) is 20.8 Å². The van der Waals surface area contributed by atoms with E-state index in [0.717, 1.165) is 0 Å². The van der Waals surface area contributed by atoms with Crippen molar-refractivity contribution in [2.24, 2.45) is 11.5 Å². The van der Waals surface area contributed by atoms with Gasteiger partial charge >= 0.3 is 0 Å². The number of nitrogens with two attached hydrogens (primary N) is 2. The highest BCUT2D eigenvalue weighted by Crippen LogP contribution is 2.23. The van der Waals surface area contributed by atoms with E-state index in [2.05, 4.69) is 5.32 Å². The first-order valence-corrected chi connectivity index (χ1v) is 6.70. The van der Waals surface area contributed by atoms with Crippen LogP contribution in [-0.4, -0.2) is 45.6 Å². The minimum absolute atomic E-state index is 0. The zero-order valence-corrected chi connectivity index (χ0v) is 13.3. The molecule has 2 amide bonds. The molecule has 0 aromatic heterocycles. The van der Waals surface area contributed by atoms with Crippen molar-refractivity contribution in [1.29, 1.82) is 0 Å². The fraction of sp³-hybridized carbons (Fsp3) is 0.818. The summed E-state index contributed by atoms with van der Waals surface area (Å²) in [5.41, 5.74) is 10.8. The van der Waals surface area contributed by atoms with Crippen molar-refractivity contribution in [3.05, 3.63) is 0 Å². The van der Waals surface area contributed by atoms with Crippen LogP contribution >= 0.6 is 24.2 Å². The lowest BCUT2D eigenvalue weighted by Crippen LogP contribution is -2.55. The van der Waals surface area contributed by atoms with Crippen molar-refractivity contribution < 1.29 is 14.7 Å². The number of amides is 2. The second kappa shape index (κ2) is 8.63. The quantitative estimate of drug-likeness (QED) is 0.533. The van der Waals surface area contributed by atoms with Crippen LogP contribution in [0.15, 0.2) is 0 Å². The molecule has 6 N–H and O–H groups in total. The Morgan fingerprint density at radius 2 is 1.84 bits per heavy atom. The summed E-state index contributed by atoms with van der Waals surface area (Å²) in [5.74, 6) is -0.842. The number of hydrogen-bond acceptors (Lipinski definition) is 5. The lowest BCUT2D eigenvalue weighted by Gasteiger charge is -2.23. The molecule has 8 heteroatoms. The molecule has 0 heterocycles. The summed E-state index contributed by atoms with van der Waals surface area (Å²) in [7, 11) is 0. The third kappa shape index (κ3) is 9.10. The van der Waals surface area contributed by atoms with E-state index in [0.29, 0.717) is 5.75 Å². The number of aliphatic hydroxyl groups excluding tert-OH is 1. The van der Waals surface area contributed by atoms with E-state index in [9.17, 15) is 14.7 Å². The summed E-state index contributed by atoms with van der Waals surface area (Å²) in [6.07, 6.45) is -1.05. The first-order valence-electron chi connectivity index (χ1n) is 5.72. The Bertz CT molecular complexity index is 308. The Hall–Kier alpha value is -0.500. The summed E-state index contributed by atoms with van der Waals surface area (Å²) < 4.78 is 0.00522. The third-order valence-electron chi connectivity index (χ3n) is 2.12. The predicted octanol–water partition coefficient (Wildman–Crippen LogP) is -0.382. The summed E-state index contributed by atoms with van der Waals surface area (Å²) in [5, 5.41) is 11.7. The molecule has 0 aromatic rings. The van der Waals surface area contributed by atoms with Gasteiger partial charge in [-0.15, -0.1) is 12.4 Å². The van der Waals surface area contributed by atoms with Crippen LogP contribution in [0.2, 0.25) is 0 Å². The van der Waals surface area contributed by atoms with Crippen molar-refractivity contribution >= 4 is 36.0 Å². The fourth-order valence-electron chi connectivity index (χ4n) is 1.11. The Morgan fingerprint density at radius 3 is 2.16 bits per heavy atom. The van der Waals surface area contributed by atoms with Gasteiger partial charge in [0, 0.05) is 10.5 Å². The second-order valence-electron chi connectivity index (χ2n) is 5.16. The van der Waals surface area contributed by atoms with Gasteiger partial charge in [0.1, 0.15) is 6.04 Å². The van der Waals surface area contributed by atoms with Gasteiger partial charge in [0.15, 0.2) is 0 Å². The van der Waals surface area contributed by atoms with Crippen LogP contribution in [0.5, 0.6) is 0 Å². The Morgan fingerprint density at radius 1 is 1.37 bits per heavy atom. The molecule has 0 aliphatic carbocycles. The molecule has 0 rings (SSSR count). The van der Waals surface area contributed by atoms with Gasteiger partial charge in [-0.3, -0.25) is 9.59 Å². The maximum Gasteiger partial charge on any atom is 0.242 e. The number of carbonyl (C=O) groups is 2. The molecule has 0 aliphatic rings. The van der Waals surface area contributed by atoms with Gasteiger partial charge < -0.3 is 21.9 Å². The average Bonchev–Trinajstić information content (AvgIpc) is 2.19. The average molecular weight is 314 g/mol. The highest BCUT2D eigenvalue weighted by Gasteiger charge is 2.26. The molecule has 19 heavy (non-hydrogen) atoms. The first kappa shape index (κ1) is 20.8. The monoisotopic (exact) mass is 313 g/mol. The Labute approximate surface area is 124 Å². The van der Waals surface area contributed by atoms with Crippen molar-refractivity contribution in [3.8, 4) is 0 Å². The number of nitrogens with one attached hydrogen (secondary N) is 1. The molecule has 0 fully saturated rings. The summed E-state index contributed by atoms with van der Waals surface area (Å²) in [6, 6.07) is -1.85. The van der Waals surface area contributed by atoms with Crippen LogP contribution in [0.4, 0.5) is 0 Å². The molecular formula is C11H24ClN3O3S. The normalized spacial score (nSPS) is 15.9. The summed E-state index contributed by atoms with van der Waals surface area (Å²) in [4.78, 5) is 22.7.